The van der Waals surface area contributed by atoms with E-state index in [1.165, 1.54) is 96.3 Å². The molecule has 0 aliphatic heterocycles. The molecule has 0 rings (SSSR count). The van der Waals surface area contributed by atoms with Crippen LogP contribution < -0.4 is 16.8 Å². The minimum atomic E-state index is -1.02. The highest BCUT2D eigenvalue weighted by Crippen LogP contribution is 2.14. The second-order valence-electron chi connectivity index (χ2n) is 9.67. The van der Waals surface area contributed by atoms with E-state index in [2.05, 4.69) is 12.2 Å². The van der Waals surface area contributed by atoms with Gasteiger partial charge in [-0.3, -0.25) is 4.79 Å². The number of carboxylic acid groups (broad SMARTS) is 1. The van der Waals surface area contributed by atoms with Crippen molar-refractivity contribution in [1.29, 1.82) is 0 Å². The summed E-state index contributed by atoms with van der Waals surface area (Å²) in [6.45, 7) is 2.80. The second-order valence-corrected chi connectivity index (χ2v) is 10.8. The van der Waals surface area contributed by atoms with Crippen molar-refractivity contribution in [3.8, 4) is 0 Å². The lowest BCUT2D eigenvalue weighted by atomic mass is 10.0. The first-order valence-corrected chi connectivity index (χ1v) is 15.2. The van der Waals surface area contributed by atoms with Gasteiger partial charge in [0.1, 0.15) is 6.04 Å². The average Bonchev–Trinajstić information content (AvgIpc) is 2.82. The lowest BCUT2D eigenvalue weighted by Crippen LogP contribution is -2.49. The van der Waals surface area contributed by atoms with Crippen LogP contribution in [0.2, 0.25) is 0 Å². The number of thioether (sulfide) groups is 1. The standard InChI is InChI=1S/C27H55N3O3S/c1-2-3-4-5-6-7-8-9-10-11-12-13-14-15-16-19-22-34-23-24(29)26(31)30-25(27(32)33)20-17-18-21-28/h24-25H,2-23,28-29H2,1H3,(H,30,31)(H,32,33)/t24-,25-/m0/s1. The van der Waals surface area contributed by atoms with E-state index in [9.17, 15) is 14.7 Å². The highest BCUT2D eigenvalue weighted by Gasteiger charge is 2.22. The van der Waals surface area contributed by atoms with E-state index in [1.807, 2.05) is 0 Å². The molecule has 0 aromatic heterocycles. The Bertz CT molecular complexity index is 480. The van der Waals surface area contributed by atoms with Crippen molar-refractivity contribution in [1.82, 2.24) is 5.32 Å². The van der Waals surface area contributed by atoms with Crippen molar-refractivity contribution in [2.45, 2.75) is 141 Å². The van der Waals surface area contributed by atoms with Gasteiger partial charge >= 0.3 is 5.97 Å². The fourth-order valence-electron chi connectivity index (χ4n) is 4.07. The van der Waals surface area contributed by atoms with Crippen molar-refractivity contribution in [3.63, 3.8) is 0 Å². The largest absolute Gasteiger partial charge is 0.480 e. The summed E-state index contributed by atoms with van der Waals surface area (Å²) in [5, 5.41) is 11.8. The molecule has 202 valence electrons. The molecule has 0 aliphatic rings. The maximum atomic E-state index is 12.2. The average molecular weight is 502 g/mol. The van der Waals surface area contributed by atoms with E-state index in [1.54, 1.807) is 11.8 Å². The zero-order valence-corrected chi connectivity index (χ0v) is 22.9. The molecule has 0 fully saturated rings. The molecular weight excluding hydrogens is 446 g/mol. The predicted octanol–water partition coefficient (Wildman–Crippen LogP) is 6.01. The van der Waals surface area contributed by atoms with Gasteiger partial charge in [0.05, 0.1) is 6.04 Å². The monoisotopic (exact) mass is 501 g/mol. The van der Waals surface area contributed by atoms with E-state index >= 15 is 0 Å². The molecule has 0 spiro atoms. The van der Waals surface area contributed by atoms with Crippen LogP contribution in [0, 0.1) is 0 Å². The number of unbranched alkanes of at least 4 members (excludes halogenated alkanes) is 16. The van der Waals surface area contributed by atoms with Crippen LogP contribution in [0.1, 0.15) is 129 Å². The molecule has 0 saturated heterocycles. The second kappa shape index (κ2) is 25.3. The van der Waals surface area contributed by atoms with Crippen LogP contribution in [-0.2, 0) is 9.59 Å². The summed E-state index contributed by atoms with van der Waals surface area (Å²) < 4.78 is 0. The molecule has 0 aliphatic carbocycles. The predicted molar refractivity (Wildman–Crippen MR) is 147 cm³/mol. The first-order chi connectivity index (χ1) is 16.5. The maximum absolute atomic E-state index is 12.2. The number of hydrogen-bond donors (Lipinski definition) is 4. The molecule has 6 N–H and O–H groups in total. The van der Waals surface area contributed by atoms with Gasteiger partial charge in [0, 0.05) is 5.75 Å². The number of carbonyl (C=O) groups is 2. The number of nitrogens with one attached hydrogen (secondary N) is 1. The molecule has 0 radical (unpaired) electrons. The molecule has 1 amide bonds. The zero-order valence-electron chi connectivity index (χ0n) is 22.0. The number of amides is 1. The van der Waals surface area contributed by atoms with Crippen molar-refractivity contribution in [3.05, 3.63) is 0 Å². The molecule has 2 atom stereocenters. The number of nitrogens with two attached hydrogens (primary N) is 2. The molecule has 0 aromatic carbocycles. The minimum Gasteiger partial charge on any atom is -0.480 e. The van der Waals surface area contributed by atoms with Gasteiger partial charge in [-0.1, -0.05) is 103 Å². The van der Waals surface area contributed by atoms with E-state index in [-0.39, 0.29) is 5.91 Å². The molecule has 0 unspecified atom stereocenters. The van der Waals surface area contributed by atoms with Crippen molar-refractivity contribution in [2.24, 2.45) is 11.5 Å². The van der Waals surface area contributed by atoms with Crippen LogP contribution in [0.4, 0.5) is 0 Å². The molecule has 7 heteroatoms. The molecule has 0 heterocycles. The van der Waals surface area contributed by atoms with Gasteiger partial charge in [0.25, 0.3) is 0 Å². The van der Waals surface area contributed by atoms with Crippen LogP contribution >= 0.6 is 11.8 Å². The fourth-order valence-corrected chi connectivity index (χ4v) is 5.05. The Labute approximate surface area is 214 Å². The van der Waals surface area contributed by atoms with E-state index in [0.29, 0.717) is 25.1 Å². The number of aliphatic carboxylic acids is 1. The Morgan fingerprint density at radius 1 is 0.765 bits per heavy atom. The van der Waals surface area contributed by atoms with Gasteiger partial charge in [-0.2, -0.15) is 11.8 Å². The molecular formula is C27H55N3O3S. The van der Waals surface area contributed by atoms with Gasteiger partial charge < -0.3 is 21.9 Å². The zero-order chi connectivity index (χ0) is 25.3. The Hall–Kier alpha value is -0.790. The Morgan fingerprint density at radius 3 is 1.68 bits per heavy atom. The molecule has 0 bridgehead atoms. The maximum Gasteiger partial charge on any atom is 0.326 e. The van der Waals surface area contributed by atoms with Gasteiger partial charge in [-0.15, -0.1) is 0 Å². The quantitative estimate of drug-likeness (QED) is 0.108. The SMILES string of the molecule is CCCCCCCCCCCCCCCCCCSC[C@H](N)C(=O)N[C@@H](CCCCN)C(=O)O. The first-order valence-electron chi connectivity index (χ1n) is 14.1. The summed E-state index contributed by atoms with van der Waals surface area (Å²) in [5.41, 5.74) is 11.4. The minimum absolute atomic E-state index is 0.375. The Morgan fingerprint density at radius 2 is 1.24 bits per heavy atom. The summed E-state index contributed by atoms with van der Waals surface area (Å²) in [7, 11) is 0. The van der Waals surface area contributed by atoms with E-state index < -0.39 is 18.1 Å². The molecule has 6 nitrogen and oxygen atoms in total. The first kappa shape index (κ1) is 33.2. The Kier molecular flexibility index (Phi) is 24.7. The van der Waals surface area contributed by atoms with Gasteiger partial charge in [0.15, 0.2) is 0 Å². The van der Waals surface area contributed by atoms with Crippen LogP contribution in [-0.4, -0.2) is 47.1 Å². The summed E-state index contributed by atoms with van der Waals surface area (Å²) in [6, 6.07) is -1.54. The van der Waals surface area contributed by atoms with E-state index in [4.69, 9.17) is 11.5 Å². The van der Waals surface area contributed by atoms with Crippen molar-refractivity contribution >= 4 is 23.6 Å². The highest BCUT2D eigenvalue weighted by atomic mass is 32.2. The summed E-state index contributed by atoms with van der Waals surface area (Å²) in [6.07, 6.45) is 23.6. The Balaban J connectivity index is 3.48. The molecule has 34 heavy (non-hydrogen) atoms. The summed E-state index contributed by atoms with van der Waals surface area (Å²) >= 11 is 1.68. The number of hydrogen-bond acceptors (Lipinski definition) is 5. The lowest BCUT2D eigenvalue weighted by molar-refractivity contribution is -0.142. The fraction of sp³-hybridized carbons (Fsp3) is 0.926. The number of carbonyl (C=O) groups excluding carboxylic acids is 1. The van der Waals surface area contributed by atoms with Gasteiger partial charge in [0.2, 0.25) is 5.91 Å². The summed E-state index contributed by atoms with van der Waals surface area (Å²) in [5.74, 6) is 0.135. The van der Waals surface area contributed by atoms with Crippen molar-refractivity contribution in [2.75, 3.05) is 18.1 Å². The normalized spacial score (nSPS) is 13.0. The van der Waals surface area contributed by atoms with Crippen molar-refractivity contribution < 1.29 is 14.7 Å². The van der Waals surface area contributed by atoms with E-state index in [0.717, 1.165) is 18.6 Å². The third-order valence-electron chi connectivity index (χ3n) is 6.34. The number of carboxylic acids is 1. The smallest absolute Gasteiger partial charge is 0.326 e. The van der Waals surface area contributed by atoms with Crippen LogP contribution in [0.3, 0.4) is 0 Å². The molecule has 0 saturated carbocycles. The summed E-state index contributed by atoms with van der Waals surface area (Å²) in [4.78, 5) is 23.5. The third-order valence-corrected chi connectivity index (χ3v) is 7.51. The molecule has 0 aromatic rings. The highest BCUT2D eigenvalue weighted by molar-refractivity contribution is 7.99. The van der Waals surface area contributed by atoms with Gasteiger partial charge in [-0.25, -0.2) is 4.79 Å². The van der Waals surface area contributed by atoms with Gasteiger partial charge in [-0.05, 0) is 38.0 Å². The topological polar surface area (TPSA) is 118 Å². The van der Waals surface area contributed by atoms with Crippen LogP contribution in [0.15, 0.2) is 0 Å². The van der Waals surface area contributed by atoms with Crippen LogP contribution in [0.25, 0.3) is 0 Å². The number of rotatable bonds is 26. The lowest BCUT2D eigenvalue weighted by Gasteiger charge is -2.17. The van der Waals surface area contributed by atoms with Crippen LogP contribution in [0.5, 0.6) is 0 Å². The third kappa shape index (κ3) is 21.7.